The summed E-state index contributed by atoms with van der Waals surface area (Å²) in [6, 6.07) is 10.2. The molecule has 0 aliphatic heterocycles. The lowest BCUT2D eigenvalue weighted by atomic mass is 9.96. The van der Waals surface area contributed by atoms with E-state index in [4.69, 9.17) is 4.98 Å². The monoisotopic (exact) mass is 365 g/mol. The van der Waals surface area contributed by atoms with Gasteiger partial charge >= 0.3 is 0 Å². The summed E-state index contributed by atoms with van der Waals surface area (Å²) < 4.78 is 1.07. The van der Waals surface area contributed by atoms with Crippen LogP contribution in [0.3, 0.4) is 0 Å². The highest BCUT2D eigenvalue weighted by molar-refractivity contribution is 9.10. The third-order valence-electron chi connectivity index (χ3n) is 2.75. The van der Waals surface area contributed by atoms with Crippen molar-refractivity contribution >= 4 is 33.5 Å². The molecule has 3 nitrogen and oxygen atoms in total. The maximum Gasteiger partial charge on any atom is 0.137 e. The first-order chi connectivity index (χ1) is 9.88. The third-order valence-corrected chi connectivity index (χ3v) is 4.15. The second-order valence-electron chi connectivity index (χ2n) is 5.75. The molecule has 0 saturated heterocycles. The minimum Gasteiger partial charge on any atom is -0.370 e. The van der Waals surface area contributed by atoms with Gasteiger partial charge in [-0.2, -0.15) is 0 Å². The number of halogens is 1. The van der Waals surface area contributed by atoms with Gasteiger partial charge in [0, 0.05) is 27.4 Å². The van der Waals surface area contributed by atoms with Gasteiger partial charge in [0.05, 0.1) is 0 Å². The molecule has 0 unspecified atom stereocenters. The molecule has 21 heavy (non-hydrogen) atoms. The van der Waals surface area contributed by atoms with Crippen LogP contribution in [0.1, 0.15) is 33.5 Å². The Balaban J connectivity index is 2.35. The van der Waals surface area contributed by atoms with E-state index < -0.39 is 0 Å². The highest BCUT2D eigenvalue weighted by atomic mass is 79.9. The maximum atomic E-state index is 4.71. The molecule has 1 N–H and O–H groups in total. The molecular weight excluding hydrogens is 346 g/mol. The zero-order valence-corrected chi connectivity index (χ0v) is 15.2. The molecule has 1 heterocycles. The van der Waals surface area contributed by atoms with Crippen molar-refractivity contribution in [1.29, 1.82) is 0 Å². The van der Waals surface area contributed by atoms with E-state index in [1.165, 1.54) is 0 Å². The molecule has 0 spiro atoms. The second kappa shape index (κ2) is 6.79. The summed E-state index contributed by atoms with van der Waals surface area (Å²) in [5, 5.41) is 4.25. The quantitative estimate of drug-likeness (QED) is 0.763. The van der Waals surface area contributed by atoms with Crippen molar-refractivity contribution in [2.75, 3.05) is 11.9 Å². The minimum absolute atomic E-state index is 0.0714. The van der Waals surface area contributed by atoms with Crippen molar-refractivity contribution in [3.05, 3.63) is 40.6 Å². The summed E-state index contributed by atoms with van der Waals surface area (Å²) in [6.07, 6.45) is 0. The Labute approximate surface area is 139 Å². The summed E-state index contributed by atoms with van der Waals surface area (Å²) >= 11 is 5.15. The Bertz CT molecular complexity index is 623. The summed E-state index contributed by atoms with van der Waals surface area (Å²) in [6.45, 7) is 9.31. The van der Waals surface area contributed by atoms with Crippen LogP contribution in [0.15, 0.2) is 44.7 Å². The zero-order valence-electron chi connectivity index (χ0n) is 12.8. The predicted molar refractivity (Wildman–Crippen MR) is 93.2 cm³/mol. The van der Waals surface area contributed by atoms with Crippen molar-refractivity contribution in [1.82, 2.24) is 9.97 Å². The lowest BCUT2D eigenvalue weighted by Crippen LogP contribution is -2.17. The van der Waals surface area contributed by atoms with E-state index in [1.54, 1.807) is 11.8 Å². The van der Waals surface area contributed by atoms with E-state index in [0.717, 1.165) is 32.6 Å². The predicted octanol–water partition coefficient (Wildman–Crippen LogP) is 5.12. The Hall–Kier alpha value is -1.07. The van der Waals surface area contributed by atoms with Crippen LogP contribution >= 0.6 is 27.7 Å². The number of anilines is 1. The molecule has 2 aromatic rings. The van der Waals surface area contributed by atoms with Gasteiger partial charge < -0.3 is 5.32 Å². The average Bonchev–Trinajstić information content (AvgIpc) is 2.37. The molecule has 5 heteroatoms. The fourth-order valence-electron chi connectivity index (χ4n) is 1.74. The van der Waals surface area contributed by atoms with Crippen molar-refractivity contribution < 1.29 is 0 Å². The molecule has 112 valence electrons. The maximum absolute atomic E-state index is 4.71. The first kappa shape index (κ1) is 16.3. The van der Waals surface area contributed by atoms with Gasteiger partial charge in [0.2, 0.25) is 0 Å². The molecule has 0 bridgehead atoms. The van der Waals surface area contributed by atoms with Gasteiger partial charge in [-0.05, 0) is 25.1 Å². The molecule has 1 aromatic heterocycles. The van der Waals surface area contributed by atoms with Gasteiger partial charge in [-0.3, -0.25) is 0 Å². The van der Waals surface area contributed by atoms with Gasteiger partial charge in [-0.1, -0.05) is 54.5 Å². The van der Waals surface area contributed by atoms with E-state index >= 15 is 0 Å². The molecular formula is C16H20BrN3S. The van der Waals surface area contributed by atoms with E-state index in [0.29, 0.717) is 0 Å². The first-order valence-corrected chi connectivity index (χ1v) is 8.56. The molecule has 0 atom stereocenters. The van der Waals surface area contributed by atoms with E-state index in [2.05, 4.69) is 66.1 Å². The van der Waals surface area contributed by atoms with Crippen LogP contribution in [0.2, 0.25) is 0 Å². The number of aromatic nitrogens is 2. The summed E-state index contributed by atoms with van der Waals surface area (Å²) in [5.41, 5.74) is -0.0714. The van der Waals surface area contributed by atoms with Crippen LogP contribution in [0, 0.1) is 0 Å². The number of nitrogens with one attached hydrogen (secondary N) is 1. The van der Waals surface area contributed by atoms with Crippen molar-refractivity contribution in [3.63, 3.8) is 0 Å². The number of rotatable bonds is 4. The number of hydrogen-bond acceptors (Lipinski definition) is 4. The van der Waals surface area contributed by atoms with Crippen LogP contribution in [-0.2, 0) is 5.41 Å². The third kappa shape index (κ3) is 4.71. The highest BCUT2D eigenvalue weighted by Crippen LogP contribution is 2.31. The van der Waals surface area contributed by atoms with Gasteiger partial charge in [0.25, 0.3) is 0 Å². The first-order valence-electron chi connectivity index (χ1n) is 6.95. The van der Waals surface area contributed by atoms with E-state index in [9.17, 15) is 0 Å². The van der Waals surface area contributed by atoms with Crippen LogP contribution in [-0.4, -0.2) is 16.5 Å². The average molecular weight is 366 g/mol. The molecule has 0 aliphatic carbocycles. The van der Waals surface area contributed by atoms with E-state index in [-0.39, 0.29) is 5.41 Å². The second-order valence-corrected chi connectivity index (χ2v) is 7.76. The Morgan fingerprint density at radius 3 is 2.57 bits per heavy atom. The number of benzene rings is 1. The Morgan fingerprint density at radius 1 is 1.19 bits per heavy atom. The number of hydrogen-bond donors (Lipinski definition) is 1. The molecule has 0 aliphatic rings. The van der Waals surface area contributed by atoms with Gasteiger partial charge in [-0.25, -0.2) is 9.97 Å². The molecule has 0 saturated carbocycles. The molecule has 1 aromatic carbocycles. The summed E-state index contributed by atoms with van der Waals surface area (Å²) in [5.74, 6) is 1.74. The molecule has 0 amide bonds. The molecule has 0 fully saturated rings. The minimum atomic E-state index is -0.0714. The van der Waals surface area contributed by atoms with Crippen LogP contribution < -0.4 is 5.32 Å². The van der Waals surface area contributed by atoms with Crippen molar-refractivity contribution in [3.8, 4) is 0 Å². The largest absolute Gasteiger partial charge is 0.370 e. The van der Waals surface area contributed by atoms with Crippen LogP contribution in [0.25, 0.3) is 0 Å². The van der Waals surface area contributed by atoms with Gasteiger partial charge in [0.1, 0.15) is 16.7 Å². The van der Waals surface area contributed by atoms with Crippen molar-refractivity contribution in [2.24, 2.45) is 0 Å². The smallest absolute Gasteiger partial charge is 0.137 e. The number of nitrogens with zero attached hydrogens (tertiary/aromatic N) is 2. The van der Waals surface area contributed by atoms with Gasteiger partial charge in [0.15, 0.2) is 0 Å². The highest BCUT2D eigenvalue weighted by Gasteiger charge is 2.19. The fraction of sp³-hybridized carbons (Fsp3) is 0.375. The lowest BCUT2D eigenvalue weighted by Gasteiger charge is -2.18. The molecule has 2 rings (SSSR count). The summed E-state index contributed by atoms with van der Waals surface area (Å²) in [7, 11) is 0. The Morgan fingerprint density at radius 2 is 1.95 bits per heavy atom. The summed E-state index contributed by atoms with van der Waals surface area (Å²) in [4.78, 5) is 10.5. The Kier molecular flexibility index (Phi) is 5.27. The van der Waals surface area contributed by atoms with Crippen molar-refractivity contribution in [2.45, 2.75) is 43.0 Å². The van der Waals surface area contributed by atoms with Gasteiger partial charge in [-0.15, -0.1) is 0 Å². The van der Waals surface area contributed by atoms with Crippen LogP contribution in [0.4, 0.5) is 5.82 Å². The fourth-order valence-corrected chi connectivity index (χ4v) is 3.16. The molecule has 0 radical (unpaired) electrons. The topological polar surface area (TPSA) is 37.8 Å². The van der Waals surface area contributed by atoms with Crippen LogP contribution in [0.5, 0.6) is 0 Å². The standard InChI is InChI=1S/C16H20BrN3S/c1-5-18-13-10-14(20-15(19-13)16(2,3)4)21-12-8-6-7-11(17)9-12/h6-10H,5H2,1-4H3,(H,18,19,20). The SMILES string of the molecule is CCNc1cc(Sc2cccc(Br)c2)nc(C(C)(C)C)n1. The lowest BCUT2D eigenvalue weighted by molar-refractivity contribution is 0.539. The normalized spacial score (nSPS) is 11.5. The zero-order chi connectivity index (χ0) is 15.5. The van der Waals surface area contributed by atoms with E-state index in [1.807, 2.05) is 18.2 Å².